The number of hydrogen-bond acceptors (Lipinski definition) is 5. The molecule has 2 N–H and O–H groups in total. The van der Waals surface area contributed by atoms with Gasteiger partial charge >= 0.3 is 0 Å². The Labute approximate surface area is 188 Å². The molecule has 8 heteroatoms. The van der Waals surface area contributed by atoms with Gasteiger partial charge in [-0.1, -0.05) is 31.2 Å². The summed E-state index contributed by atoms with van der Waals surface area (Å²) >= 11 is 0. The number of guanidine groups is 1. The highest BCUT2D eigenvalue weighted by molar-refractivity contribution is 5.79. The van der Waals surface area contributed by atoms with Crippen LogP contribution < -0.4 is 20.1 Å². The predicted octanol–water partition coefficient (Wildman–Crippen LogP) is 3.32. The highest BCUT2D eigenvalue weighted by atomic mass is 16.5. The van der Waals surface area contributed by atoms with E-state index < -0.39 is 0 Å². The van der Waals surface area contributed by atoms with Crippen LogP contribution in [0.3, 0.4) is 0 Å². The summed E-state index contributed by atoms with van der Waals surface area (Å²) in [6, 6.07) is 15.9. The Morgan fingerprint density at radius 2 is 1.94 bits per heavy atom. The number of aromatic nitrogens is 3. The van der Waals surface area contributed by atoms with Gasteiger partial charge in [0.1, 0.15) is 11.6 Å². The molecule has 1 aromatic heterocycles. The van der Waals surface area contributed by atoms with Gasteiger partial charge in [-0.05, 0) is 36.2 Å². The van der Waals surface area contributed by atoms with Gasteiger partial charge in [-0.3, -0.25) is 4.99 Å². The molecule has 0 bridgehead atoms. The van der Waals surface area contributed by atoms with Gasteiger partial charge in [0.2, 0.25) is 0 Å². The molecule has 0 aliphatic carbocycles. The van der Waals surface area contributed by atoms with Gasteiger partial charge < -0.3 is 20.1 Å². The molecule has 0 saturated heterocycles. The van der Waals surface area contributed by atoms with E-state index in [-0.39, 0.29) is 6.04 Å². The monoisotopic (exact) mass is 434 g/mol. The van der Waals surface area contributed by atoms with E-state index in [1.165, 1.54) is 0 Å². The third-order valence-corrected chi connectivity index (χ3v) is 5.46. The maximum Gasteiger partial charge on any atom is 0.191 e. The number of nitrogens with one attached hydrogen (secondary N) is 2. The number of fused-ring (bicyclic) bond motifs is 1. The van der Waals surface area contributed by atoms with E-state index in [2.05, 4.69) is 32.6 Å². The van der Waals surface area contributed by atoms with Gasteiger partial charge in [-0.2, -0.15) is 5.10 Å². The summed E-state index contributed by atoms with van der Waals surface area (Å²) in [6.45, 7) is 3.55. The van der Waals surface area contributed by atoms with Crippen LogP contribution in [0.1, 0.15) is 30.6 Å². The Balaban J connectivity index is 1.29. The molecule has 0 amide bonds. The van der Waals surface area contributed by atoms with E-state index in [0.29, 0.717) is 18.0 Å². The van der Waals surface area contributed by atoms with Crippen LogP contribution in [0.2, 0.25) is 0 Å². The van der Waals surface area contributed by atoms with Crippen molar-refractivity contribution in [3.8, 4) is 17.2 Å². The van der Waals surface area contributed by atoms with E-state index in [0.717, 1.165) is 54.7 Å². The summed E-state index contributed by atoms with van der Waals surface area (Å²) in [4.78, 5) is 8.96. The van der Waals surface area contributed by atoms with E-state index in [4.69, 9.17) is 9.47 Å². The number of benzene rings is 2. The van der Waals surface area contributed by atoms with Crippen LogP contribution in [0.5, 0.6) is 17.2 Å². The standard InChI is InChI=1S/C24H30N6O2/c1-4-22-28-23-14-11-18(16-30(23)29-22)27-24(25-2)26-15-17-9-12-19(13-10-17)32-21-8-6-5-7-20(21)31-3/h5-10,12-13,18H,4,11,14-16H2,1-3H3,(H2,25,26,27). The van der Waals surface area contributed by atoms with Crippen molar-refractivity contribution in [2.24, 2.45) is 4.99 Å². The van der Waals surface area contributed by atoms with Crippen LogP contribution in [0.25, 0.3) is 0 Å². The van der Waals surface area contributed by atoms with Crippen LogP contribution >= 0.6 is 0 Å². The Bertz CT molecular complexity index is 1060. The first-order valence-electron chi connectivity index (χ1n) is 11.0. The third-order valence-electron chi connectivity index (χ3n) is 5.46. The van der Waals surface area contributed by atoms with Gasteiger partial charge in [0, 0.05) is 32.5 Å². The maximum absolute atomic E-state index is 5.95. The number of aliphatic imine (C=N–C) groups is 1. The van der Waals surface area contributed by atoms with E-state index in [1.54, 1.807) is 14.2 Å². The smallest absolute Gasteiger partial charge is 0.191 e. The lowest BCUT2D eigenvalue weighted by Crippen LogP contribution is -2.46. The van der Waals surface area contributed by atoms with Gasteiger partial charge in [0.15, 0.2) is 23.3 Å². The molecule has 0 radical (unpaired) electrons. The largest absolute Gasteiger partial charge is 0.493 e. The molecule has 2 aromatic carbocycles. The Morgan fingerprint density at radius 3 is 2.66 bits per heavy atom. The highest BCUT2D eigenvalue weighted by Crippen LogP contribution is 2.30. The van der Waals surface area contributed by atoms with E-state index in [1.807, 2.05) is 53.2 Å². The molecule has 8 nitrogen and oxygen atoms in total. The Morgan fingerprint density at radius 1 is 1.16 bits per heavy atom. The summed E-state index contributed by atoms with van der Waals surface area (Å²) in [5, 5.41) is 11.5. The summed E-state index contributed by atoms with van der Waals surface area (Å²) in [5.74, 6) is 4.94. The quantitative estimate of drug-likeness (QED) is 0.438. The molecule has 32 heavy (non-hydrogen) atoms. The van der Waals surface area contributed by atoms with Crippen molar-refractivity contribution >= 4 is 5.96 Å². The minimum atomic E-state index is 0.275. The van der Waals surface area contributed by atoms with Crippen molar-refractivity contribution in [3.63, 3.8) is 0 Å². The first kappa shape index (κ1) is 21.7. The topological polar surface area (TPSA) is 85.6 Å². The molecule has 0 spiro atoms. The van der Waals surface area contributed by atoms with Crippen molar-refractivity contribution in [2.45, 2.75) is 45.3 Å². The van der Waals surface area contributed by atoms with E-state index in [9.17, 15) is 0 Å². The molecular weight excluding hydrogens is 404 g/mol. The molecule has 3 aromatic rings. The molecule has 0 saturated carbocycles. The minimum absolute atomic E-state index is 0.275. The number of para-hydroxylation sites is 2. The zero-order chi connectivity index (χ0) is 22.3. The van der Waals surface area contributed by atoms with Crippen LogP contribution in [-0.4, -0.2) is 40.9 Å². The molecule has 2 heterocycles. The average molecular weight is 435 g/mol. The average Bonchev–Trinajstić information content (AvgIpc) is 3.25. The van der Waals surface area contributed by atoms with Gasteiger partial charge in [0.25, 0.3) is 0 Å². The third kappa shape index (κ3) is 5.19. The molecule has 1 aliphatic heterocycles. The highest BCUT2D eigenvalue weighted by Gasteiger charge is 2.22. The maximum atomic E-state index is 5.95. The molecule has 0 fully saturated rings. The molecule has 168 valence electrons. The molecule has 1 aliphatic rings. The second-order valence-corrected chi connectivity index (χ2v) is 7.68. The number of hydrogen-bond donors (Lipinski definition) is 2. The number of methoxy groups -OCH3 is 1. The number of aryl methyl sites for hydroxylation is 2. The first-order valence-corrected chi connectivity index (χ1v) is 11.0. The number of nitrogens with zero attached hydrogens (tertiary/aromatic N) is 4. The van der Waals surface area contributed by atoms with Crippen LogP contribution in [0, 0.1) is 0 Å². The number of rotatable bonds is 7. The fourth-order valence-electron chi connectivity index (χ4n) is 3.71. The predicted molar refractivity (Wildman–Crippen MR) is 124 cm³/mol. The lowest BCUT2D eigenvalue weighted by molar-refractivity contribution is 0.379. The lowest BCUT2D eigenvalue weighted by atomic mass is 10.1. The summed E-state index contributed by atoms with van der Waals surface area (Å²) in [7, 11) is 3.43. The summed E-state index contributed by atoms with van der Waals surface area (Å²) < 4.78 is 13.3. The zero-order valence-corrected chi connectivity index (χ0v) is 18.8. The van der Waals surface area contributed by atoms with Crippen LogP contribution in [0.4, 0.5) is 0 Å². The fourth-order valence-corrected chi connectivity index (χ4v) is 3.71. The van der Waals surface area contributed by atoms with Crippen LogP contribution in [0.15, 0.2) is 53.5 Å². The number of ether oxygens (including phenoxy) is 2. The second-order valence-electron chi connectivity index (χ2n) is 7.68. The minimum Gasteiger partial charge on any atom is -0.493 e. The van der Waals surface area contributed by atoms with Crippen molar-refractivity contribution in [2.75, 3.05) is 14.2 Å². The lowest BCUT2D eigenvalue weighted by Gasteiger charge is -2.25. The molecule has 1 unspecified atom stereocenters. The summed E-state index contributed by atoms with van der Waals surface area (Å²) in [6.07, 6.45) is 2.80. The van der Waals surface area contributed by atoms with Crippen molar-refractivity contribution in [1.29, 1.82) is 0 Å². The van der Waals surface area contributed by atoms with Gasteiger partial charge in [-0.25, -0.2) is 9.67 Å². The Hall–Kier alpha value is -3.55. The van der Waals surface area contributed by atoms with Crippen molar-refractivity contribution in [3.05, 3.63) is 65.7 Å². The van der Waals surface area contributed by atoms with Crippen molar-refractivity contribution < 1.29 is 9.47 Å². The Kier molecular flexibility index (Phi) is 6.89. The van der Waals surface area contributed by atoms with Crippen molar-refractivity contribution in [1.82, 2.24) is 25.4 Å². The van der Waals surface area contributed by atoms with Gasteiger partial charge in [0.05, 0.1) is 13.7 Å². The normalized spacial score (nSPS) is 15.7. The second kappa shape index (κ2) is 10.2. The molecular formula is C24H30N6O2. The molecule has 1 atom stereocenters. The van der Waals surface area contributed by atoms with Gasteiger partial charge in [-0.15, -0.1) is 0 Å². The molecule has 4 rings (SSSR count). The zero-order valence-electron chi connectivity index (χ0n) is 18.8. The summed E-state index contributed by atoms with van der Waals surface area (Å²) in [5.41, 5.74) is 1.13. The first-order chi connectivity index (χ1) is 15.7. The van der Waals surface area contributed by atoms with E-state index >= 15 is 0 Å². The fraction of sp³-hybridized carbons (Fsp3) is 0.375. The SMILES string of the molecule is CCc1nc2n(n1)CC(NC(=NC)NCc1ccc(Oc3ccccc3OC)cc1)CC2. The van der Waals surface area contributed by atoms with Crippen LogP contribution in [-0.2, 0) is 25.9 Å².